The number of nitrogens with zero attached hydrogens (tertiary/aromatic N) is 3. The summed E-state index contributed by atoms with van der Waals surface area (Å²) in [6.45, 7) is 2.31. The van der Waals surface area contributed by atoms with Crippen LogP contribution in [0.25, 0.3) is 0 Å². The van der Waals surface area contributed by atoms with Crippen LogP contribution < -0.4 is 10.2 Å². The number of nitrogens with one attached hydrogen (secondary N) is 1. The van der Waals surface area contributed by atoms with Crippen molar-refractivity contribution in [3.05, 3.63) is 37.9 Å². The highest BCUT2D eigenvalue weighted by atomic mass is 79.9. The summed E-state index contributed by atoms with van der Waals surface area (Å²) in [5.41, 5.74) is -1.17. The quantitative estimate of drug-likeness (QED) is 0.335. The highest BCUT2D eigenvalue weighted by Crippen LogP contribution is 2.36. The zero-order valence-electron chi connectivity index (χ0n) is 13.6. The van der Waals surface area contributed by atoms with E-state index in [1.807, 2.05) is 6.92 Å². The number of aliphatic hydroxyl groups excluding tert-OH is 1. The normalized spacial score (nSPS) is 10.4. The molecule has 138 valence electrons. The third-order valence-electron chi connectivity index (χ3n) is 3.29. The number of amides is 1. The lowest BCUT2D eigenvalue weighted by molar-refractivity contribution is -0.393. The van der Waals surface area contributed by atoms with E-state index in [9.17, 15) is 25.0 Å². The first-order valence-corrected chi connectivity index (χ1v) is 8.66. The van der Waals surface area contributed by atoms with Crippen molar-refractivity contribution in [3.8, 4) is 0 Å². The highest BCUT2D eigenvalue weighted by Gasteiger charge is 2.30. The van der Waals surface area contributed by atoms with Gasteiger partial charge < -0.3 is 15.3 Å². The zero-order valence-corrected chi connectivity index (χ0v) is 15.2. The van der Waals surface area contributed by atoms with Crippen molar-refractivity contribution < 1.29 is 19.7 Å². The van der Waals surface area contributed by atoms with Crippen molar-refractivity contribution in [2.75, 3.05) is 36.5 Å². The summed E-state index contributed by atoms with van der Waals surface area (Å²) >= 11 is 3.27. The number of hydrogen-bond donors (Lipinski definition) is 2. The van der Waals surface area contributed by atoms with E-state index >= 15 is 0 Å². The Hall–Kier alpha value is -2.27. The van der Waals surface area contributed by atoms with Crippen LogP contribution in [-0.2, 0) is 0 Å². The Morgan fingerprint density at radius 2 is 1.96 bits per heavy atom. The van der Waals surface area contributed by atoms with E-state index in [4.69, 9.17) is 5.11 Å². The Labute approximate surface area is 152 Å². The Morgan fingerprint density at radius 3 is 2.44 bits per heavy atom. The summed E-state index contributed by atoms with van der Waals surface area (Å²) < 4.78 is 0. The second kappa shape index (κ2) is 9.89. The van der Waals surface area contributed by atoms with E-state index in [2.05, 4.69) is 21.2 Å². The van der Waals surface area contributed by atoms with Gasteiger partial charge in [0.05, 0.1) is 28.1 Å². The van der Waals surface area contributed by atoms with Crippen molar-refractivity contribution in [1.82, 2.24) is 5.32 Å². The number of rotatable bonds is 10. The van der Waals surface area contributed by atoms with Crippen LogP contribution in [0.1, 0.15) is 23.7 Å². The van der Waals surface area contributed by atoms with Crippen LogP contribution in [0.4, 0.5) is 17.1 Å². The van der Waals surface area contributed by atoms with Crippen molar-refractivity contribution >= 4 is 38.9 Å². The Kier molecular flexibility index (Phi) is 8.22. The SMILES string of the molecule is CCCN(CCBr)c1c(C(=O)NCCO)cc([N+](=O)[O-])cc1[N+](=O)[O-]. The van der Waals surface area contributed by atoms with Crippen molar-refractivity contribution in [2.45, 2.75) is 13.3 Å². The van der Waals surface area contributed by atoms with Crippen LogP contribution in [-0.4, -0.2) is 52.4 Å². The lowest BCUT2D eigenvalue weighted by atomic mass is 10.1. The molecule has 0 fully saturated rings. The average molecular weight is 419 g/mol. The number of aliphatic hydroxyl groups is 1. The summed E-state index contributed by atoms with van der Waals surface area (Å²) in [5, 5.41) is 34.3. The lowest BCUT2D eigenvalue weighted by Crippen LogP contribution is -2.32. The van der Waals surface area contributed by atoms with Crippen LogP contribution in [0.15, 0.2) is 12.1 Å². The minimum absolute atomic E-state index is 0.0346. The molecule has 0 unspecified atom stereocenters. The number of nitro groups is 2. The van der Waals surface area contributed by atoms with Crippen molar-refractivity contribution in [2.24, 2.45) is 0 Å². The molecule has 0 radical (unpaired) electrons. The van der Waals surface area contributed by atoms with E-state index in [1.54, 1.807) is 4.90 Å². The van der Waals surface area contributed by atoms with Crippen LogP contribution in [0.5, 0.6) is 0 Å². The number of carbonyl (C=O) groups excluding carboxylic acids is 1. The monoisotopic (exact) mass is 418 g/mol. The number of hydrogen-bond acceptors (Lipinski definition) is 7. The van der Waals surface area contributed by atoms with E-state index in [0.29, 0.717) is 24.8 Å². The second-order valence-electron chi connectivity index (χ2n) is 5.03. The summed E-state index contributed by atoms with van der Waals surface area (Å²) in [6.07, 6.45) is 0.666. The summed E-state index contributed by atoms with van der Waals surface area (Å²) in [5.74, 6) is -0.716. The fourth-order valence-electron chi connectivity index (χ4n) is 2.33. The number of carbonyl (C=O) groups is 1. The summed E-state index contributed by atoms with van der Waals surface area (Å²) in [6, 6.07) is 1.88. The molecule has 10 nitrogen and oxygen atoms in total. The van der Waals surface area contributed by atoms with E-state index in [0.717, 1.165) is 12.1 Å². The van der Waals surface area contributed by atoms with Gasteiger partial charge in [0.25, 0.3) is 17.3 Å². The average Bonchev–Trinajstić information content (AvgIpc) is 2.58. The second-order valence-corrected chi connectivity index (χ2v) is 5.82. The number of alkyl halides is 1. The minimum Gasteiger partial charge on any atom is -0.395 e. The van der Waals surface area contributed by atoms with Gasteiger partial charge >= 0.3 is 0 Å². The molecule has 11 heteroatoms. The lowest BCUT2D eigenvalue weighted by Gasteiger charge is -2.25. The summed E-state index contributed by atoms with van der Waals surface area (Å²) in [7, 11) is 0. The number of non-ortho nitro benzene ring substituents is 1. The first-order chi connectivity index (χ1) is 11.9. The molecule has 1 amide bonds. The van der Waals surface area contributed by atoms with Crippen molar-refractivity contribution in [3.63, 3.8) is 0 Å². The van der Waals surface area contributed by atoms with Crippen LogP contribution >= 0.6 is 15.9 Å². The molecule has 0 aliphatic rings. The van der Waals surface area contributed by atoms with Crippen LogP contribution in [0.3, 0.4) is 0 Å². The largest absolute Gasteiger partial charge is 0.395 e. The number of nitro benzene ring substituents is 2. The Morgan fingerprint density at radius 1 is 1.28 bits per heavy atom. The molecule has 0 aliphatic heterocycles. The number of halogens is 1. The molecule has 0 spiro atoms. The molecular weight excluding hydrogens is 400 g/mol. The van der Waals surface area contributed by atoms with Crippen molar-refractivity contribution in [1.29, 1.82) is 0 Å². The first kappa shape index (κ1) is 20.8. The molecule has 0 atom stereocenters. The maximum atomic E-state index is 12.4. The van der Waals surface area contributed by atoms with Gasteiger partial charge in [-0.1, -0.05) is 22.9 Å². The molecule has 0 saturated carbocycles. The minimum atomic E-state index is -0.783. The molecule has 1 aromatic rings. The van der Waals surface area contributed by atoms with Gasteiger partial charge in [0.2, 0.25) is 0 Å². The number of anilines is 1. The summed E-state index contributed by atoms with van der Waals surface area (Å²) in [4.78, 5) is 35.1. The Bertz CT molecular complexity index is 648. The topological polar surface area (TPSA) is 139 Å². The molecule has 1 rings (SSSR count). The molecule has 2 N–H and O–H groups in total. The van der Waals surface area contributed by atoms with Crippen LogP contribution in [0.2, 0.25) is 0 Å². The molecular formula is C14H19BrN4O6. The van der Waals surface area contributed by atoms with Gasteiger partial charge in [-0.3, -0.25) is 25.0 Å². The van der Waals surface area contributed by atoms with Gasteiger partial charge in [0, 0.05) is 31.0 Å². The predicted octanol–water partition coefficient (Wildman–Crippen LogP) is 1.84. The van der Waals surface area contributed by atoms with Gasteiger partial charge in [0.1, 0.15) is 5.69 Å². The maximum Gasteiger partial charge on any atom is 0.300 e. The molecule has 0 aromatic heterocycles. The third kappa shape index (κ3) is 5.36. The van der Waals surface area contributed by atoms with Gasteiger partial charge in [0.15, 0.2) is 0 Å². The van der Waals surface area contributed by atoms with Gasteiger partial charge in [-0.15, -0.1) is 0 Å². The highest BCUT2D eigenvalue weighted by molar-refractivity contribution is 9.09. The first-order valence-electron chi connectivity index (χ1n) is 7.54. The molecule has 0 aliphatic carbocycles. The van der Waals surface area contributed by atoms with Gasteiger partial charge in [-0.05, 0) is 6.42 Å². The molecule has 0 heterocycles. The fourth-order valence-corrected chi connectivity index (χ4v) is 2.75. The van der Waals surface area contributed by atoms with E-state index in [1.165, 1.54) is 0 Å². The maximum absolute atomic E-state index is 12.4. The zero-order chi connectivity index (χ0) is 19.0. The smallest absolute Gasteiger partial charge is 0.300 e. The predicted molar refractivity (Wildman–Crippen MR) is 95.5 cm³/mol. The van der Waals surface area contributed by atoms with Crippen LogP contribution in [0, 0.1) is 20.2 Å². The van der Waals surface area contributed by atoms with Gasteiger partial charge in [-0.25, -0.2) is 0 Å². The third-order valence-corrected chi connectivity index (χ3v) is 3.64. The molecule has 0 saturated heterocycles. The standard InChI is InChI=1S/C14H19BrN4O6/c1-2-5-17(6-3-15)13-11(14(21)16-4-7-20)8-10(18(22)23)9-12(13)19(24)25/h8-9,20H,2-7H2,1H3,(H,16,21). The fraction of sp³-hybridized carbons (Fsp3) is 0.500. The van der Waals surface area contributed by atoms with E-state index in [-0.39, 0.29) is 24.4 Å². The molecule has 25 heavy (non-hydrogen) atoms. The van der Waals surface area contributed by atoms with Gasteiger partial charge in [-0.2, -0.15) is 0 Å². The number of benzene rings is 1. The Balaban J connectivity index is 3.63. The molecule has 1 aromatic carbocycles. The van der Waals surface area contributed by atoms with E-state index < -0.39 is 27.1 Å². The molecule has 0 bridgehead atoms.